The lowest BCUT2D eigenvalue weighted by Crippen LogP contribution is -2.23. The second kappa shape index (κ2) is 7.92. The predicted octanol–water partition coefficient (Wildman–Crippen LogP) is 2.40. The molecule has 0 unspecified atom stereocenters. The van der Waals surface area contributed by atoms with Crippen LogP contribution in [0.4, 0.5) is 13.2 Å². The first-order chi connectivity index (χ1) is 13.7. The molecule has 3 aromatic rings. The number of fused-ring (bicyclic) bond motifs is 2. The van der Waals surface area contributed by atoms with Gasteiger partial charge in [0, 0.05) is 18.1 Å². The number of halogens is 3. The first-order valence-corrected chi connectivity index (χ1v) is 8.58. The van der Waals surface area contributed by atoms with Gasteiger partial charge in [-0.05, 0) is 42.3 Å². The van der Waals surface area contributed by atoms with Gasteiger partial charge in [0.05, 0.1) is 11.3 Å². The highest BCUT2D eigenvalue weighted by Gasteiger charge is 2.38. The quantitative estimate of drug-likeness (QED) is 0.605. The second-order valence-electron chi connectivity index (χ2n) is 6.36. The molecule has 2 aromatic carbocycles. The number of aliphatic carboxylic acids is 1. The number of amides is 1. The Bertz CT molecular complexity index is 1080. The zero-order chi connectivity index (χ0) is 21.2. The number of alkyl halides is 3. The molecule has 1 aliphatic heterocycles. The molecular formula is C19H17F3N4O3. The molecule has 4 N–H and O–H groups in total. The van der Waals surface area contributed by atoms with Crippen LogP contribution in [0.5, 0.6) is 0 Å². The van der Waals surface area contributed by atoms with Gasteiger partial charge < -0.3 is 16.2 Å². The molecule has 0 radical (unpaired) electrons. The number of carbonyl (C=O) groups is 2. The number of nitrogens with one attached hydrogen (secondary N) is 1. The van der Waals surface area contributed by atoms with Gasteiger partial charge in [-0.15, -0.1) is 0 Å². The van der Waals surface area contributed by atoms with Crippen molar-refractivity contribution in [3.63, 3.8) is 0 Å². The fraction of sp³-hybridized carbons (Fsp3) is 0.211. The molecule has 0 aliphatic carbocycles. The summed E-state index contributed by atoms with van der Waals surface area (Å²) in [6.07, 6.45) is -2.12. The Morgan fingerprint density at radius 2 is 1.90 bits per heavy atom. The van der Waals surface area contributed by atoms with E-state index >= 15 is 0 Å². The van der Waals surface area contributed by atoms with E-state index in [9.17, 15) is 18.0 Å². The molecule has 2 heterocycles. The summed E-state index contributed by atoms with van der Waals surface area (Å²) in [5.74, 6) is -3.21. The van der Waals surface area contributed by atoms with E-state index in [-0.39, 0.29) is 0 Å². The van der Waals surface area contributed by atoms with Gasteiger partial charge in [-0.25, -0.2) is 9.48 Å². The van der Waals surface area contributed by atoms with Crippen LogP contribution in [0, 0.1) is 0 Å². The summed E-state index contributed by atoms with van der Waals surface area (Å²) in [5, 5.41) is 16.0. The summed E-state index contributed by atoms with van der Waals surface area (Å²) in [4.78, 5) is 20.4. The molecule has 29 heavy (non-hydrogen) atoms. The van der Waals surface area contributed by atoms with Crippen molar-refractivity contribution in [2.24, 2.45) is 5.73 Å². The van der Waals surface area contributed by atoms with Crippen LogP contribution in [0.3, 0.4) is 0 Å². The minimum atomic E-state index is -5.08. The molecule has 0 saturated carbocycles. The van der Waals surface area contributed by atoms with Crippen LogP contribution in [-0.2, 0) is 17.8 Å². The van der Waals surface area contributed by atoms with E-state index in [0.717, 1.165) is 30.6 Å². The molecule has 152 valence electrons. The van der Waals surface area contributed by atoms with Crippen molar-refractivity contribution >= 4 is 22.8 Å². The number of hydrogen-bond donors (Lipinski definition) is 3. The summed E-state index contributed by atoms with van der Waals surface area (Å²) in [7, 11) is 0. The lowest BCUT2D eigenvalue weighted by atomic mass is 10.0. The van der Waals surface area contributed by atoms with Gasteiger partial charge in [-0.3, -0.25) is 4.79 Å². The first-order valence-electron chi connectivity index (χ1n) is 8.58. The van der Waals surface area contributed by atoms with Crippen molar-refractivity contribution in [3.8, 4) is 5.69 Å². The van der Waals surface area contributed by atoms with Crippen molar-refractivity contribution in [1.29, 1.82) is 0 Å². The van der Waals surface area contributed by atoms with Gasteiger partial charge in [0.15, 0.2) is 0 Å². The fourth-order valence-corrected chi connectivity index (χ4v) is 2.98. The summed E-state index contributed by atoms with van der Waals surface area (Å²) >= 11 is 0. The summed E-state index contributed by atoms with van der Waals surface area (Å²) in [6, 6.07) is 11.8. The Hall–Kier alpha value is -3.40. The Kier molecular flexibility index (Phi) is 5.55. The van der Waals surface area contributed by atoms with E-state index < -0.39 is 18.1 Å². The number of carbonyl (C=O) groups excluding carboxylic acids is 1. The molecule has 1 aromatic heterocycles. The van der Waals surface area contributed by atoms with Crippen LogP contribution in [0.1, 0.15) is 21.5 Å². The average molecular weight is 406 g/mol. The topological polar surface area (TPSA) is 110 Å². The lowest BCUT2D eigenvalue weighted by molar-refractivity contribution is -0.192. The maximum Gasteiger partial charge on any atom is 0.490 e. The number of nitrogens with two attached hydrogens (primary N) is 1. The fourth-order valence-electron chi connectivity index (χ4n) is 2.98. The standard InChI is InChI=1S/C17H16N4O.C2HF3O2/c18-17(22)15-3-1-2-13-10-21(20-16(13)15)14-5-4-12-9-19-7-6-11(12)8-14;3-2(4,5)1(6)7/h1-5,8,10,19H,6-7,9H2,(H2,18,22);(H,6,7). The number of benzene rings is 2. The molecule has 1 amide bonds. The predicted molar refractivity (Wildman–Crippen MR) is 98.7 cm³/mol. The normalized spacial score (nSPS) is 13.3. The molecule has 4 rings (SSSR count). The van der Waals surface area contributed by atoms with Crippen molar-refractivity contribution < 1.29 is 27.9 Å². The molecule has 1 aliphatic rings. The van der Waals surface area contributed by atoms with Crippen molar-refractivity contribution in [2.45, 2.75) is 19.1 Å². The van der Waals surface area contributed by atoms with Gasteiger partial charge in [-0.1, -0.05) is 18.2 Å². The van der Waals surface area contributed by atoms with Crippen LogP contribution < -0.4 is 11.1 Å². The van der Waals surface area contributed by atoms with Gasteiger partial charge in [0.2, 0.25) is 0 Å². The molecule has 0 bridgehead atoms. The third-order valence-corrected chi connectivity index (χ3v) is 4.39. The molecule has 0 saturated heterocycles. The molecule has 10 heteroatoms. The molecule has 0 atom stereocenters. The highest BCUT2D eigenvalue weighted by molar-refractivity contribution is 6.04. The summed E-state index contributed by atoms with van der Waals surface area (Å²) in [6.45, 7) is 1.92. The van der Waals surface area contributed by atoms with Crippen LogP contribution in [0.25, 0.3) is 16.6 Å². The Labute approximate surface area is 162 Å². The molecular weight excluding hydrogens is 389 g/mol. The highest BCUT2D eigenvalue weighted by Crippen LogP contribution is 2.22. The van der Waals surface area contributed by atoms with E-state index in [1.54, 1.807) is 6.07 Å². The number of aromatic nitrogens is 2. The number of nitrogens with zero attached hydrogens (tertiary/aromatic N) is 2. The first kappa shape index (κ1) is 20.3. The van der Waals surface area contributed by atoms with Gasteiger partial charge in [0.25, 0.3) is 5.91 Å². The third kappa shape index (κ3) is 4.54. The van der Waals surface area contributed by atoms with Gasteiger partial charge in [0.1, 0.15) is 5.52 Å². The Morgan fingerprint density at radius 3 is 2.55 bits per heavy atom. The van der Waals surface area contributed by atoms with Crippen LogP contribution in [0.2, 0.25) is 0 Å². The monoisotopic (exact) mass is 406 g/mol. The lowest BCUT2D eigenvalue weighted by Gasteiger charge is -2.17. The van der Waals surface area contributed by atoms with E-state index in [1.807, 2.05) is 23.0 Å². The highest BCUT2D eigenvalue weighted by atomic mass is 19.4. The number of primary amides is 1. The van der Waals surface area contributed by atoms with E-state index in [0.29, 0.717) is 11.1 Å². The van der Waals surface area contributed by atoms with E-state index in [4.69, 9.17) is 15.6 Å². The Morgan fingerprint density at radius 1 is 1.17 bits per heavy atom. The van der Waals surface area contributed by atoms with E-state index in [1.165, 1.54) is 11.1 Å². The average Bonchev–Trinajstić information content (AvgIpc) is 3.11. The minimum absolute atomic E-state index is 0.452. The minimum Gasteiger partial charge on any atom is -0.475 e. The number of carboxylic acid groups (broad SMARTS) is 1. The van der Waals surface area contributed by atoms with Crippen molar-refractivity contribution in [2.75, 3.05) is 6.54 Å². The van der Waals surface area contributed by atoms with E-state index in [2.05, 4.69) is 28.6 Å². The maximum atomic E-state index is 11.5. The van der Waals surface area contributed by atoms with Gasteiger partial charge >= 0.3 is 12.1 Å². The summed E-state index contributed by atoms with van der Waals surface area (Å²) in [5.41, 5.74) is 10.2. The van der Waals surface area contributed by atoms with Crippen LogP contribution in [0.15, 0.2) is 42.6 Å². The largest absolute Gasteiger partial charge is 0.490 e. The third-order valence-electron chi connectivity index (χ3n) is 4.39. The molecule has 0 spiro atoms. The van der Waals surface area contributed by atoms with Crippen LogP contribution in [-0.4, -0.2) is 39.5 Å². The second-order valence-corrected chi connectivity index (χ2v) is 6.36. The maximum absolute atomic E-state index is 11.5. The zero-order valence-corrected chi connectivity index (χ0v) is 15.0. The number of rotatable bonds is 2. The number of hydrogen-bond acceptors (Lipinski definition) is 4. The van der Waals surface area contributed by atoms with Crippen molar-refractivity contribution in [1.82, 2.24) is 15.1 Å². The summed E-state index contributed by atoms with van der Waals surface area (Å²) < 4.78 is 33.6. The SMILES string of the molecule is NC(=O)c1cccc2cn(-c3ccc4c(c3)CCNC4)nc12.O=C(O)C(F)(F)F. The molecule has 7 nitrogen and oxygen atoms in total. The zero-order valence-electron chi connectivity index (χ0n) is 15.0. The van der Waals surface area contributed by atoms with Crippen molar-refractivity contribution in [3.05, 3.63) is 59.3 Å². The Balaban J connectivity index is 0.000000298. The van der Waals surface area contributed by atoms with Crippen LogP contribution >= 0.6 is 0 Å². The number of carboxylic acids is 1. The molecule has 0 fully saturated rings. The smallest absolute Gasteiger partial charge is 0.475 e. The van der Waals surface area contributed by atoms with Gasteiger partial charge in [-0.2, -0.15) is 18.3 Å².